The van der Waals surface area contributed by atoms with Crippen LogP contribution in [0.2, 0.25) is 5.02 Å². The lowest BCUT2D eigenvalue weighted by atomic mass is 10.1. The number of methoxy groups -OCH3 is 3. The van der Waals surface area contributed by atoms with Crippen LogP contribution >= 0.6 is 11.6 Å². The molecular formula is C21H21ClO5. The SMILES string of the molecule is COc1cc(OC)c(OC)cc1/C=C/COC(=O)/C=C/c1ccccc1Cl. The molecule has 2 aromatic rings. The van der Waals surface area contributed by atoms with Crippen molar-refractivity contribution in [2.45, 2.75) is 0 Å². The number of rotatable bonds is 8. The highest BCUT2D eigenvalue weighted by molar-refractivity contribution is 6.32. The van der Waals surface area contributed by atoms with Crippen LogP contribution in [-0.2, 0) is 9.53 Å². The van der Waals surface area contributed by atoms with E-state index in [0.717, 1.165) is 11.1 Å². The zero-order chi connectivity index (χ0) is 19.6. The van der Waals surface area contributed by atoms with Crippen molar-refractivity contribution in [1.29, 1.82) is 0 Å². The van der Waals surface area contributed by atoms with Crippen LogP contribution in [-0.4, -0.2) is 33.9 Å². The minimum absolute atomic E-state index is 0.114. The lowest BCUT2D eigenvalue weighted by Crippen LogP contribution is -2.00. The summed E-state index contributed by atoms with van der Waals surface area (Å²) in [5.74, 6) is 1.31. The Bertz CT molecular complexity index is 842. The Kier molecular flexibility index (Phi) is 7.77. The second kappa shape index (κ2) is 10.3. The van der Waals surface area contributed by atoms with Gasteiger partial charge in [-0.1, -0.05) is 35.9 Å². The maximum atomic E-state index is 11.8. The van der Waals surface area contributed by atoms with E-state index in [4.69, 9.17) is 30.5 Å². The molecule has 0 atom stereocenters. The molecular weight excluding hydrogens is 368 g/mol. The van der Waals surface area contributed by atoms with E-state index in [0.29, 0.717) is 22.3 Å². The van der Waals surface area contributed by atoms with E-state index in [1.165, 1.54) is 6.08 Å². The van der Waals surface area contributed by atoms with Crippen LogP contribution in [0.3, 0.4) is 0 Å². The summed E-state index contributed by atoms with van der Waals surface area (Å²) in [4.78, 5) is 11.8. The quantitative estimate of drug-likeness (QED) is 0.487. The highest BCUT2D eigenvalue weighted by Crippen LogP contribution is 2.35. The van der Waals surface area contributed by atoms with Gasteiger partial charge in [0.05, 0.1) is 21.3 Å². The van der Waals surface area contributed by atoms with Crippen LogP contribution < -0.4 is 14.2 Å². The van der Waals surface area contributed by atoms with Gasteiger partial charge in [0.1, 0.15) is 12.4 Å². The van der Waals surface area contributed by atoms with Gasteiger partial charge in [-0.15, -0.1) is 0 Å². The van der Waals surface area contributed by atoms with Crippen LogP contribution in [0, 0.1) is 0 Å². The Morgan fingerprint density at radius 3 is 2.26 bits per heavy atom. The molecule has 0 amide bonds. The third-order valence-electron chi connectivity index (χ3n) is 3.66. The zero-order valence-corrected chi connectivity index (χ0v) is 16.2. The van der Waals surface area contributed by atoms with Gasteiger partial charge in [0.15, 0.2) is 11.5 Å². The van der Waals surface area contributed by atoms with Crippen molar-refractivity contribution in [3.63, 3.8) is 0 Å². The molecule has 5 nitrogen and oxygen atoms in total. The number of carbonyl (C=O) groups excluding carboxylic acids is 1. The summed E-state index contributed by atoms with van der Waals surface area (Å²) in [6.07, 6.45) is 6.45. The molecule has 0 heterocycles. The smallest absolute Gasteiger partial charge is 0.331 e. The van der Waals surface area contributed by atoms with Crippen molar-refractivity contribution in [3.8, 4) is 17.2 Å². The van der Waals surface area contributed by atoms with Crippen LogP contribution in [0.4, 0.5) is 0 Å². The summed E-state index contributed by atoms with van der Waals surface area (Å²) in [7, 11) is 4.69. The number of carbonyl (C=O) groups is 1. The van der Waals surface area contributed by atoms with E-state index in [2.05, 4.69) is 0 Å². The minimum atomic E-state index is -0.459. The van der Waals surface area contributed by atoms with E-state index in [9.17, 15) is 4.79 Å². The van der Waals surface area contributed by atoms with Crippen LogP contribution in [0.15, 0.2) is 48.6 Å². The number of hydrogen-bond acceptors (Lipinski definition) is 5. The first-order valence-corrected chi connectivity index (χ1v) is 8.52. The van der Waals surface area contributed by atoms with E-state index < -0.39 is 5.97 Å². The average molecular weight is 389 g/mol. The van der Waals surface area contributed by atoms with Crippen molar-refractivity contribution in [1.82, 2.24) is 0 Å². The maximum Gasteiger partial charge on any atom is 0.331 e. The molecule has 0 saturated heterocycles. The van der Waals surface area contributed by atoms with Gasteiger partial charge in [-0.05, 0) is 29.8 Å². The Morgan fingerprint density at radius 1 is 0.926 bits per heavy atom. The highest BCUT2D eigenvalue weighted by atomic mass is 35.5. The van der Waals surface area contributed by atoms with Crippen molar-refractivity contribution in [2.75, 3.05) is 27.9 Å². The first kappa shape index (κ1) is 20.4. The molecule has 0 radical (unpaired) electrons. The van der Waals surface area contributed by atoms with E-state index in [1.807, 2.05) is 18.2 Å². The fraction of sp³-hybridized carbons (Fsp3) is 0.190. The normalized spacial score (nSPS) is 11.0. The Morgan fingerprint density at radius 2 is 1.59 bits per heavy atom. The average Bonchev–Trinajstić information content (AvgIpc) is 2.69. The van der Waals surface area contributed by atoms with Crippen molar-refractivity contribution >= 4 is 29.7 Å². The highest BCUT2D eigenvalue weighted by Gasteiger charge is 2.09. The van der Waals surface area contributed by atoms with Crippen LogP contribution in [0.1, 0.15) is 11.1 Å². The Balaban J connectivity index is 1.97. The molecule has 0 unspecified atom stereocenters. The molecule has 0 aliphatic rings. The molecule has 142 valence electrons. The summed E-state index contributed by atoms with van der Waals surface area (Å²) in [5, 5.41) is 0.571. The molecule has 0 aliphatic carbocycles. The summed E-state index contributed by atoms with van der Waals surface area (Å²) in [5.41, 5.74) is 1.53. The van der Waals surface area contributed by atoms with E-state index in [1.54, 1.807) is 57.8 Å². The number of hydrogen-bond donors (Lipinski definition) is 0. The van der Waals surface area contributed by atoms with Crippen LogP contribution in [0.25, 0.3) is 12.2 Å². The fourth-order valence-electron chi connectivity index (χ4n) is 2.30. The molecule has 0 bridgehead atoms. The predicted octanol–water partition coefficient (Wildman–Crippen LogP) is 4.64. The largest absolute Gasteiger partial charge is 0.496 e. The monoisotopic (exact) mass is 388 g/mol. The zero-order valence-electron chi connectivity index (χ0n) is 15.4. The molecule has 6 heteroatoms. The van der Waals surface area contributed by atoms with Crippen molar-refractivity contribution in [3.05, 3.63) is 64.7 Å². The molecule has 2 aromatic carbocycles. The Labute approximate surface area is 163 Å². The first-order chi connectivity index (χ1) is 13.1. The van der Waals surface area contributed by atoms with Gasteiger partial charge in [-0.2, -0.15) is 0 Å². The molecule has 0 aliphatic heterocycles. The Hall–Kier alpha value is -2.92. The number of esters is 1. The lowest BCUT2D eigenvalue weighted by molar-refractivity contribution is -0.136. The maximum absolute atomic E-state index is 11.8. The van der Waals surface area contributed by atoms with Gasteiger partial charge in [-0.25, -0.2) is 4.79 Å². The standard InChI is InChI=1S/C21H21ClO5/c1-24-18-14-20(26-3)19(25-2)13-16(18)8-6-12-27-21(23)11-10-15-7-4-5-9-17(15)22/h4-11,13-14H,12H2,1-3H3/b8-6+,11-10+. The number of ether oxygens (including phenoxy) is 4. The molecule has 0 fully saturated rings. The van der Waals surface area contributed by atoms with Crippen molar-refractivity contribution < 1.29 is 23.7 Å². The van der Waals surface area contributed by atoms with Crippen LogP contribution in [0.5, 0.6) is 17.2 Å². The first-order valence-electron chi connectivity index (χ1n) is 8.15. The van der Waals surface area contributed by atoms with E-state index >= 15 is 0 Å². The summed E-state index contributed by atoms with van der Waals surface area (Å²) < 4.78 is 21.0. The number of halogens is 1. The lowest BCUT2D eigenvalue weighted by Gasteiger charge is -2.12. The fourth-order valence-corrected chi connectivity index (χ4v) is 2.50. The van der Waals surface area contributed by atoms with Gasteiger partial charge in [0.2, 0.25) is 0 Å². The van der Waals surface area contributed by atoms with Gasteiger partial charge in [0, 0.05) is 22.7 Å². The van der Waals surface area contributed by atoms with Gasteiger partial charge < -0.3 is 18.9 Å². The van der Waals surface area contributed by atoms with Gasteiger partial charge in [0.25, 0.3) is 0 Å². The molecule has 2 rings (SSSR count). The molecule has 0 spiro atoms. The van der Waals surface area contributed by atoms with E-state index in [-0.39, 0.29) is 6.61 Å². The minimum Gasteiger partial charge on any atom is -0.496 e. The summed E-state index contributed by atoms with van der Waals surface area (Å²) in [6.45, 7) is 0.114. The van der Waals surface area contributed by atoms with Gasteiger partial charge >= 0.3 is 5.97 Å². The van der Waals surface area contributed by atoms with Gasteiger partial charge in [-0.3, -0.25) is 0 Å². The predicted molar refractivity (Wildman–Crippen MR) is 107 cm³/mol. The topological polar surface area (TPSA) is 54.0 Å². The molecule has 27 heavy (non-hydrogen) atoms. The second-order valence-electron chi connectivity index (χ2n) is 5.34. The third-order valence-corrected chi connectivity index (χ3v) is 4.00. The molecule has 0 aromatic heterocycles. The summed E-state index contributed by atoms with van der Waals surface area (Å²) in [6, 6.07) is 10.8. The second-order valence-corrected chi connectivity index (χ2v) is 5.74. The molecule has 0 saturated carbocycles. The third kappa shape index (κ3) is 5.79. The molecule has 0 N–H and O–H groups in total. The summed E-state index contributed by atoms with van der Waals surface area (Å²) >= 11 is 6.03. The van der Waals surface area contributed by atoms with Crippen molar-refractivity contribution in [2.24, 2.45) is 0 Å². The number of benzene rings is 2.